The zero-order chi connectivity index (χ0) is 4.24. The van der Waals surface area contributed by atoms with E-state index in [2.05, 4.69) is 10.4 Å². The number of nitrogens with one attached hydrogen (secondary N) is 2. The molecule has 1 unspecified atom stereocenters. The van der Waals surface area contributed by atoms with Crippen LogP contribution in [0.3, 0.4) is 0 Å². The van der Waals surface area contributed by atoms with Crippen molar-refractivity contribution in [1.29, 1.82) is 0 Å². The van der Waals surface area contributed by atoms with E-state index in [1.54, 1.807) is 0 Å². The van der Waals surface area contributed by atoms with Gasteiger partial charge in [-0.2, -0.15) is 0 Å². The first-order valence-corrected chi connectivity index (χ1v) is 3.37. The Morgan fingerprint density at radius 3 is 2.50 bits per heavy atom. The van der Waals surface area contributed by atoms with E-state index in [1.165, 1.54) is 6.29 Å². The fourth-order valence-electron chi connectivity index (χ4n) is 0.453. The Morgan fingerprint density at radius 1 is 1.33 bits per heavy atom. The molecule has 1 atom stereocenters. The molecule has 0 aromatic heterocycles. The zero-order valence-corrected chi connectivity index (χ0v) is 4.62. The number of rotatable bonds is 0. The van der Waals surface area contributed by atoms with E-state index in [9.17, 15) is 0 Å². The molecular weight excluding hydrogens is 95.0 g/mol. The molecule has 0 saturated carbocycles. The van der Waals surface area contributed by atoms with Crippen molar-refractivity contribution in [2.45, 2.75) is 0 Å². The van der Waals surface area contributed by atoms with Crippen LogP contribution in [0.15, 0.2) is 0 Å². The Labute approximate surface area is 39.5 Å². The summed E-state index contributed by atoms with van der Waals surface area (Å²) in [7, 11) is 0.941. The van der Waals surface area contributed by atoms with Crippen LogP contribution < -0.4 is 10.4 Å². The zero-order valence-electron chi connectivity index (χ0n) is 3.62. The molecule has 1 aliphatic rings. The SMILES string of the molecule is C1CNPCN1. The third-order valence-corrected chi connectivity index (χ3v) is 1.69. The van der Waals surface area contributed by atoms with E-state index in [0.29, 0.717) is 0 Å². The minimum atomic E-state index is 0.941. The van der Waals surface area contributed by atoms with Gasteiger partial charge in [-0.05, 0) is 8.73 Å². The Hall–Kier alpha value is 0.350. The second kappa shape index (κ2) is 2.51. The van der Waals surface area contributed by atoms with Crippen LogP contribution in [-0.2, 0) is 0 Å². The minimum Gasteiger partial charge on any atom is -0.311 e. The van der Waals surface area contributed by atoms with Gasteiger partial charge in [0.15, 0.2) is 0 Å². The van der Waals surface area contributed by atoms with Gasteiger partial charge in [0.2, 0.25) is 0 Å². The summed E-state index contributed by atoms with van der Waals surface area (Å²) in [5.74, 6) is 0. The molecule has 36 valence electrons. The highest BCUT2D eigenvalue weighted by molar-refractivity contribution is 7.35. The van der Waals surface area contributed by atoms with Crippen LogP contribution in [0.4, 0.5) is 0 Å². The third-order valence-electron chi connectivity index (χ3n) is 0.765. The van der Waals surface area contributed by atoms with Crippen LogP contribution in [-0.4, -0.2) is 19.4 Å². The van der Waals surface area contributed by atoms with Crippen LogP contribution in [0.25, 0.3) is 0 Å². The predicted octanol–water partition coefficient (Wildman–Crippen LogP) is -0.270. The van der Waals surface area contributed by atoms with Crippen LogP contribution in [0.2, 0.25) is 0 Å². The molecule has 1 aliphatic heterocycles. The normalized spacial score (nSPS) is 28.0. The van der Waals surface area contributed by atoms with Crippen LogP contribution in [0.1, 0.15) is 0 Å². The first-order valence-electron chi connectivity index (χ1n) is 2.16. The standard InChI is InChI=1S/C3H9N2P/c1-2-5-6-3-4-1/h4-6H,1-3H2. The van der Waals surface area contributed by atoms with Gasteiger partial charge in [-0.1, -0.05) is 0 Å². The van der Waals surface area contributed by atoms with Crippen molar-refractivity contribution in [2.75, 3.05) is 19.4 Å². The van der Waals surface area contributed by atoms with E-state index < -0.39 is 0 Å². The Kier molecular flexibility index (Phi) is 1.89. The summed E-state index contributed by atoms with van der Waals surface area (Å²) in [5.41, 5.74) is 0. The van der Waals surface area contributed by atoms with E-state index in [4.69, 9.17) is 0 Å². The molecule has 3 heteroatoms. The summed E-state index contributed by atoms with van der Waals surface area (Å²) in [5, 5.41) is 6.48. The summed E-state index contributed by atoms with van der Waals surface area (Å²) >= 11 is 0. The van der Waals surface area contributed by atoms with Gasteiger partial charge >= 0.3 is 0 Å². The molecular formula is C3H9N2P. The molecule has 0 amide bonds. The molecule has 1 rings (SSSR count). The lowest BCUT2D eigenvalue weighted by Crippen LogP contribution is -2.29. The molecule has 0 spiro atoms. The van der Waals surface area contributed by atoms with Crippen molar-refractivity contribution in [3.05, 3.63) is 0 Å². The largest absolute Gasteiger partial charge is 0.311 e. The molecule has 1 saturated heterocycles. The molecule has 0 radical (unpaired) electrons. The van der Waals surface area contributed by atoms with Gasteiger partial charge in [-0.15, -0.1) is 0 Å². The Morgan fingerprint density at radius 2 is 2.33 bits per heavy atom. The average molecular weight is 104 g/mol. The van der Waals surface area contributed by atoms with Crippen molar-refractivity contribution in [3.63, 3.8) is 0 Å². The monoisotopic (exact) mass is 104 g/mol. The summed E-state index contributed by atoms with van der Waals surface area (Å²) in [4.78, 5) is 0. The summed E-state index contributed by atoms with van der Waals surface area (Å²) in [6.45, 7) is 2.30. The molecule has 1 heterocycles. The second-order valence-corrected chi connectivity index (χ2v) is 2.34. The lowest BCUT2D eigenvalue weighted by Gasteiger charge is -2.11. The van der Waals surface area contributed by atoms with Gasteiger partial charge in [0.25, 0.3) is 0 Å². The van der Waals surface area contributed by atoms with Crippen LogP contribution in [0.5, 0.6) is 0 Å². The summed E-state index contributed by atoms with van der Waals surface area (Å²) < 4.78 is 0. The van der Waals surface area contributed by atoms with Gasteiger partial charge in [-0.3, -0.25) is 5.09 Å². The Bertz CT molecular complexity index is 24.3. The van der Waals surface area contributed by atoms with Crippen molar-refractivity contribution >= 4 is 8.73 Å². The van der Waals surface area contributed by atoms with Crippen LogP contribution in [0, 0.1) is 0 Å². The molecule has 0 bridgehead atoms. The predicted molar refractivity (Wildman–Crippen MR) is 29.2 cm³/mol. The van der Waals surface area contributed by atoms with Gasteiger partial charge in [0.05, 0.1) is 0 Å². The first-order chi connectivity index (χ1) is 3.00. The first kappa shape index (κ1) is 4.51. The number of hydrogen-bond acceptors (Lipinski definition) is 2. The minimum absolute atomic E-state index is 0.941. The van der Waals surface area contributed by atoms with Gasteiger partial charge in [0.1, 0.15) is 0 Å². The van der Waals surface area contributed by atoms with E-state index in [0.717, 1.165) is 21.8 Å². The fourth-order valence-corrected chi connectivity index (χ4v) is 1.18. The van der Waals surface area contributed by atoms with Crippen molar-refractivity contribution in [1.82, 2.24) is 10.4 Å². The fraction of sp³-hybridized carbons (Fsp3) is 1.00. The summed E-state index contributed by atoms with van der Waals surface area (Å²) in [6.07, 6.45) is 1.17. The Balaban J connectivity index is 2.00. The highest BCUT2D eigenvalue weighted by atomic mass is 31.1. The van der Waals surface area contributed by atoms with Gasteiger partial charge in [0, 0.05) is 19.4 Å². The highest BCUT2D eigenvalue weighted by Gasteiger charge is 1.91. The molecule has 2 nitrogen and oxygen atoms in total. The third kappa shape index (κ3) is 1.21. The van der Waals surface area contributed by atoms with Crippen molar-refractivity contribution < 1.29 is 0 Å². The maximum absolute atomic E-state index is 3.25. The molecule has 2 N–H and O–H groups in total. The van der Waals surface area contributed by atoms with Crippen molar-refractivity contribution in [2.24, 2.45) is 0 Å². The summed E-state index contributed by atoms with van der Waals surface area (Å²) in [6, 6.07) is 0. The maximum Gasteiger partial charge on any atom is 0.0260 e. The maximum atomic E-state index is 3.25. The topological polar surface area (TPSA) is 24.1 Å². The lowest BCUT2D eigenvalue weighted by atomic mass is 10.7. The van der Waals surface area contributed by atoms with Gasteiger partial charge in [-0.25, -0.2) is 0 Å². The van der Waals surface area contributed by atoms with E-state index in [-0.39, 0.29) is 0 Å². The molecule has 0 aromatic rings. The van der Waals surface area contributed by atoms with Crippen LogP contribution >= 0.6 is 8.73 Å². The molecule has 0 aliphatic carbocycles. The van der Waals surface area contributed by atoms with Crippen molar-refractivity contribution in [3.8, 4) is 0 Å². The number of hydrogen-bond donors (Lipinski definition) is 2. The quantitative estimate of drug-likeness (QED) is 0.413. The highest BCUT2D eigenvalue weighted by Crippen LogP contribution is 1.99. The molecule has 0 aromatic carbocycles. The molecule has 6 heavy (non-hydrogen) atoms. The molecule has 1 fully saturated rings. The van der Waals surface area contributed by atoms with E-state index in [1.807, 2.05) is 0 Å². The average Bonchev–Trinajstić information content (AvgIpc) is 1.72. The second-order valence-electron chi connectivity index (χ2n) is 1.28. The van der Waals surface area contributed by atoms with Gasteiger partial charge < -0.3 is 5.32 Å². The van der Waals surface area contributed by atoms with E-state index >= 15 is 0 Å². The smallest absolute Gasteiger partial charge is 0.0260 e. The lowest BCUT2D eigenvalue weighted by molar-refractivity contribution is 0.724.